The van der Waals surface area contributed by atoms with Crippen LogP contribution in [0.3, 0.4) is 0 Å². The molecular formula is C35H45N7O4S. The highest BCUT2D eigenvalue weighted by Gasteiger charge is 2.33. The number of methoxy groups -OCH3 is 2. The van der Waals surface area contributed by atoms with Gasteiger partial charge < -0.3 is 20.5 Å². The number of tetrazole rings is 1. The average Bonchev–Trinajstić information content (AvgIpc) is 3.56. The van der Waals surface area contributed by atoms with E-state index in [-0.39, 0.29) is 23.4 Å². The summed E-state index contributed by atoms with van der Waals surface area (Å²) in [5.74, 6) is 2.31. The molecule has 2 fully saturated rings. The molecule has 6 rings (SSSR count). The normalized spacial score (nSPS) is 19.0. The van der Waals surface area contributed by atoms with Crippen LogP contribution in [0.2, 0.25) is 0 Å². The van der Waals surface area contributed by atoms with Crippen molar-refractivity contribution in [1.29, 1.82) is 0 Å². The van der Waals surface area contributed by atoms with E-state index >= 15 is 0 Å². The van der Waals surface area contributed by atoms with Gasteiger partial charge in [0, 0.05) is 18.2 Å². The lowest BCUT2D eigenvalue weighted by Crippen LogP contribution is -2.30. The van der Waals surface area contributed by atoms with E-state index in [1.807, 2.05) is 54.6 Å². The Morgan fingerprint density at radius 3 is 2.15 bits per heavy atom. The van der Waals surface area contributed by atoms with Crippen molar-refractivity contribution < 1.29 is 17.9 Å². The topological polar surface area (TPSA) is 146 Å². The van der Waals surface area contributed by atoms with Crippen molar-refractivity contribution in [2.75, 3.05) is 27.3 Å². The Labute approximate surface area is 277 Å². The summed E-state index contributed by atoms with van der Waals surface area (Å²) in [6.45, 7) is 2.38. The van der Waals surface area contributed by atoms with E-state index in [1.54, 1.807) is 14.2 Å². The second-order valence-corrected chi connectivity index (χ2v) is 14.4. The fourth-order valence-corrected chi connectivity index (χ4v) is 8.28. The summed E-state index contributed by atoms with van der Waals surface area (Å²) >= 11 is 0. The van der Waals surface area contributed by atoms with Crippen LogP contribution in [0.25, 0.3) is 11.4 Å². The minimum atomic E-state index is -4.02. The molecule has 4 N–H and O–H groups in total. The van der Waals surface area contributed by atoms with Gasteiger partial charge in [0.1, 0.15) is 11.5 Å². The Hall–Kier alpha value is -3.84. The Bertz CT molecular complexity index is 1730. The SMILES string of the molecule is COc1ccc(CNS(=O)(=O)c2c(CC3CCNCC3)ccc(C3CCC(N)CC3)c2-c2nnn(Cc3ccc(OC)cc3)n2)cc1. The lowest BCUT2D eigenvalue weighted by atomic mass is 9.79. The van der Waals surface area contributed by atoms with Crippen molar-refractivity contribution in [2.45, 2.75) is 74.9 Å². The molecule has 11 nitrogen and oxygen atoms in total. The zero-order valence-electron chi connectivity index (χ0n) is 27.2. The predicted octanol–water partition coefficient (Wildman–Crippen LogP) is 4.41. The van der Waals surface area contributed by atoms with Gasteiger partial charge in [-0.15, -0.1) is 10.2 Å². The minimum absolute atomic E-state index is 0.138. The zero-order chi connectivity index (χ0) is 32.8. The Morgan fingerprint density at radius 2 is 1.51 bits per heavy atom. The smallest absolute Gasteiger partial charge is 0.241 e. The van der Waals surface area contributed by atoms with Crippen molar-refractivity contribution in [3.05, 3.63) is 82.9 Å². The molecule has 0 radical (unpaired) electrons. The van der Waals surface area contributed by atoms with Gasteiger partial charge in [-0.25, -0.2) is 13.1 Å². The highest BCUT2D eigenvalue weighted by atomic mass is 32.2. The fourth-order valence-electron chi connectivity index (χ4n) is 6.81. The fraction of sp³-hybridized carbons (Fsp3) is 0.457. The van der Waals surface area contributed by atoms with Gasteiger partial charge in [0.15, 0.2) is 0 Å². The summed E-state index contributed by atoms with van der Waals surface area (Å²) in [5.41, 5.74) is 10.4. The molecule has 250 valence electrons. The molecule has 2 heterocycles. The van der Waals surface area contributed by atoms with Crippen LogP contribution < -0.4 is 25.2 Å². The van der Waals surface area contributed by atoms with Crippen LogP contribution in [0.4, 0.5) is 0 Å². The maximum Gasteiger partial charge on any atom is 0.241 e. The van der Waals surface area contributed by atoms with Crippen LogP contribution in [-0.2, 0) is 29.5 Å². The summed E-state index contributed by atoms with van der Waals surface area (Å²) < 4.78 is 42.6. The summed E-state index contributed by atoms with van der Waals surface area (Å²) in [4.78, 5) is 1.79. The highest BCUT2D eigenvalue weighted by Crippen LogP contribution is 2.42. The molecule has 12 heteroatoms. The Morgan fingerprint density at radius 1 is 0.872 bits per heavy atom. The zero-order valence-corrected chi connectivity index (χ0v) is 28.0. The summed E-state index contributed by atoms with van der Waals surface area (Å²) in [6.07, 6.45) is 6.16. The molecule has 1 aromatic heterocycles. The number of hydrogen-bond donors (Lipinski definition) is 3. The van der Waals surface area contributed by atoms with Crippen molar-refractivity contribution in [2.24, 2.45) is 11.7 Å². The van der Waals surface area contributed by atoms with Crippen LogP contribution in [0, 0.1) is 5.92 Å². The molecule has 1 saturated heterocycles. The van der Waals surface area contributed by atoms with Gasteiger partial charge in [-0.2, -0.15) is 4.80 Å². The van der Waals surface area contributed by atoms with E-state index in [1.165, 1.54) is 4.80 Å². The maximum absolute atomic E-state index is 14.6. The van der Waals surface area contributed by atoms with Crippen LogP contribution in [-0.4, -0.2) is 62.0 Å². The number of ether oxygens (including phenoxy) is 2. The Balaban J connectivity index is 1.43. The van der Waals surface area contributed by atoms with Gasteiger partial charge in [0.25, 0.3) is 0 Å². The molecule has 2 aliphatic rings. The number of nitrogens with two attached hydrogens (primary N) is 1. The second kappa shape index (κ2) is 14.9. The van der Waals surface area contributed by atoms with Crippen molar-refractivity contribution in [3.63, 3.8) is 0 Å². The third-order valence-electron chi connectivity index (χ3n) is 9.50. The molecular weight excluding hydrogens is 614 g/mol. The second-order valence-electron chi connectivity index (χ2n) is 12.7. The summed E-state index contributed by atoms with van der Waals surface area (Å²) in [5, 5.41) is 17.1. The molecule has 3 aromatic carbocycles. The number of piperidine rings is 1. The first-order valence-electron chi connectivity index (χ1n) is 16.5. The maximum atomic E-state index is 14.6. The van der Waals surface area contributed by atoms with E-state index in [0.29, 0.717) is 36.0 Å². The molecule has 0 bridgehead atoms. The third-order valence-corrected chi connectivity index (χ3v) is 11.0. The van der Waals surface area contributed by atoms with Crippen LogP contribution >= 0.6 is 0 Å². The number of rotatable bonds is 12. The van der Waals surface area contributed by atoms with Gasteiger partial charge in [0.05, 0.1) is 25.7 Å². The summed E-state index contributed by atoms with van der Waals surface area (Å²) in [6, 6.07) is 19.4. The van der Waals surface area contributed by atoms with E-state index < -0.39 is 10.0 Å². The largest absolute Gasteiger partial charge is 0.497 e. The highest BCUT2D eigenvalue weighted by molar-refractivity contribution is 7.89. The van der Waals surface area contributed by atoms with Crippen molar-refractivity contribution >= 4 is 10.0 Å². The average molecular weight is 660 g/mol. The van der Waals surface area contributed by atoms with Gasteiger partial charge in [-0.1, -0.05) is 36.4 Å². The molecule has 1 saturated carbocycles. The lowest BCUT2D eigenvalue weighted by molar-refractivity contribution is 0.370. The van der Waals surface area contributed by atoms with Gasteiger partial charge in [-0.3, -0.25) is 0 Å². The first-order valence-corrected chi connectivity index (χ1v) is 18.0. The standard InChI is InChI=1S/C35H45N7O4S/c1-45-30-12-3-25(4-13-30)22-38-47(43,44)34-28(21-24-17-19-37-20-18-24)9-16-32(27-7-10-29(36)11-8-27)33(34)35-39-41-42(40-35)23-26-5-14-31(46-2)15-6-26/h3-6,9,12-16,24,27,29,37-38H,7-8,10-11,17-23,36H2,1-2H3. The lowest BCUT2D eigenvalue weighted by Gasteiger charge is -2.29. The first kappa shape index (κ1) is 33.1. The van der Waals surface area contributed by atoms with Crippen LogP contribution in [0.1, 0.15) is 66.7 Å². The number of sulfonamides is 1. The molecule has 0 atom stereocenters. The summed E-state index contributed by atoms with van der Waals surface area (Å²) in [7, 11) is -0.774. The molecule has 1 aliphatic heterocycles. The van der Waals surface area contributed by atoms with E-state index in [4.69, 9.17) is 20.3 Å². The van der Waals surface area contributed by atoms with Gasteiger partial charge in [-0.05, 0) is 122 Å². The third kappa shape index (κ3) is 8.01. The van der Waals surface area contributed by atoms with E-state index in [9.17, 15) is 8.42 Å². The first-order chi connectivity index (χ1) is 22.8. The number of nitrogens with zero attached hydrogens (tertiary/aromatic N) is 4. The molecule has 1 aliphatic carbocycles. The Kier molecular flexibility index (Phi) is 10.5. The van der Waals surface area contributed by atoms with E-state index in [0.717, 1.165) is 79.6 Å². The van der Waals surface area contributed by atoms with Crippen LogP contribution in [0.15, 0.2) is 65.6 Å². The van der Waals surface area contributed by atoms with Gasteiger partial charge >= 0.3 is 0 Å². The molecule has 0 amide bonds. The number of nitrogens with one attached hydrogen (secondary N) is 2. The van der Waals surface area contributed by atoms with Crippen molar-refractivity contribution in [1.82, 2.24) is 30.2 Å². The van der Waals surface area contributed by atoms with Gasteiger partial charge in [0.2, 0.25) is 15.8 Å². The van der Waals surface area contributed by atoms with Crippen molar-refractivity contribution in [3.8, 4) is 22.9 Å². The van der Waals surface area contributed by atoms with Crippen LogP contribution in [0.5, 0.6) is 11.5 Å². The number of benzene rings is 3. The minimum Gasteiger partial charge on any atom is -0.497 e. The number of aromatic nitrogens is 4. The quantitative estimate of drug-likeness (QED) is 0.201. The van der Waals surface area contributed by atoms with E-state index in [2.05, 4.69) is 26.4 Å². The molecule has 4 aromatic rings. The molecule has 0 spiro atoms. The monoisotopic (exact) mass is 659 g/mol. The molecule has 47 heavy (non-hydrogen) atoms. The molecule has 0 unspecified atom stereocenters. The number of hydrogen-bond acceptors (Lipinski definition) is 9. The predicted molar refractivity (Wildman–Crippen MR) is 181 cm³/mol.